The summed E-state index contributed by atoms with van der Waals surface area (Å²) in [6.45, 7) is 10.6. The molecule has 1 aliphatic rings. The zero-order chi connectivity index (χ0) is 17.0. The van der Waals surface area contributed by atoms with Gasteiger partial charge in [0.2, 0.25) is 5.91 Å². The van der Waals surface area contributed by atoms with Crippen LogP contribution in [0.4, 0.5) is 5.82 Å². The van der Waals surface area contributed by atoms with Crippen molar-refractivity contribution in [3.05, 3.63) is 17.8 Å². The molecule has 5 heteroatoms. The number of likely N-dealkylation sites (tertiary alicyclic amines) is 1. The number of ether oxygens (including phenoxy) is 1. The van der Waals surface area contributed by atoms with E-state index in [0.717, 1.165) is 31.5 Å². The van der Waals surface area contributed by atoms with Crippen molar-refractivity contribution >= 4 is 11.7 Å². The first-order valence-corrected chi connectivity index (χ1v) is 8.48. The van der Waals surface area contributed by atoms with E-state index in [9.17, 15) is 4.79 Å². The lowest BCUT2D eigenvalue weighted by Gasteiger charge is -2.32. The average molecular weight is 319 g/mol. The van der Waals surface area contributed by atoms with E-state index in [-0.39, 0.29) is 11.3 Å². The molecule has 1 saturated heterocycles. The molecule has 0 spiro atoms. The Balaban J connectivity index is 1.96. The van der Waals surface area contributed by atoms with Crippen molar-refractivity contribution in [2.24, 2.45) is 5.92 Å². The minimum Gasteiger partial charge on any atom is -0.489 e. The molecule has 5 nitrogen and oxygen atoms in total. The molecule has 1 amide bonds. The van der Waals surface area contributed by atoms with Gasteiger partial charge in [0.1, 0.15) is 0 Å². The molecule has 2 rings (SSSR count). The number of pyridine rings is 1. The van der Waals surface area contributed by atoms with Gasteiger partial charge in [-0.15, -0.1) is 0 Å². The van der Waals surface area contributed by atoms with Crippen LogP contribution in [-0.4, -0.2) is 35.5 Å². The lowest BCUT2D eigenvalue weighted by molar-refractivity contribution is -0.132. The quantitative estimate of drug-likeness (QED) is 0.926. The predicted octanol–water partition coefficient (Wildman–Crippen LogP) is 2.99. The maximum atomic E-state index is 11.7. The molecule has 0 atom stereocenters. The second-order valence-corrected chi connectivity index (χ2v) is 7.31. The first-order valence-electron chi connectivity index (χ1n) is 8.48. The van der Waals surface area contributed by atoms with Crippen molar-refractivity contribution in [1.82, 2.24) is 9.88 Å². The molecule has 2 N–H and O–H groups in total. The summed E-state index contributed by atoms with van der Waals surface area (Å²) in [5, 5.41) is 0. The molecule has 0 bridgehead atoms. The number of rotatable bonds is 4. The molecule has 23 heavy (non-hydrogen) atoms. The van der Waals surface area contributed by atoms with Gasteiger partial charge < -0.3 is 15.4 Å². The largest absolute Gasteiger partial charge is 0.489 e. The van der Waals surface area contributed by atoms with Crippen LogP contribution in [0, 0.1) is 5.92 Å². The van der Waals surface area contributed by atoms with Gasteiger partial charge in [-0.3, -0.25) is 4.79 Å². The zero-order valence-corrected chi connectivity index (χ0v) is 14.8. The third-order valence-corrected chi connectivity index (χ3v) is 4.47. The Morgan fingerprint density at radius 2 is 2.04 bits per heavy atom. The monoisotopic (exact) mass is 319 g/mol. The number of hydrogen-bond acceptors (Lipinski definition) is 4. The Kier molecular flexibility index (Phi) is 5.50. The van der Waals surface area contributed by atoms with Gasteiger partial charge in [0.25, 0.3) is 0 Å². The molecule has 128 valence electrons. The molecule has 1 aliphatic heterocycles. The highest BCUT2D eigenvalue weighted by Gasteiger charge is 2.25. The van der Waals surface area contributed by atoms with Crippen LogP contribution < -0.4 is 10.5 Å². The highest BCUT2D eigenvalue weighted by atomic mass is 16.5. The number of carbonyl (C=O) groups excluding carboxylic acids is 1. The summed E-state index contributed by atoms with van der Waals surface area (Å²) >= 11 is 0. The van der Waals surface area contributed by atoms with E-state index in [1.807, 2.05) is 17.9 Å². The van der Waals surface area contributed by atoms with Gasteiger partial charge in [0, 0.05) is 31.3 Å². The van der Waals surface area contributed by atoms with E-state index < -0.39 is 0 Å². The molecule has 0 saturated carbocycles. The molecular formula is C18H29N3O2. The van der Waals surface area contributed by atoms with Crippen molar-refractivity contribution in [2.45, 2.75) is 52.4 Å². The molecular weight excluding hydrogens is 290 g/mol. The summed E-state index contributed by atoms with van der Waals surface area (Å²) in [7, 11) is 0. The number of aromatic nitrogens is 1. The van der Waals surface area contributed by atoms with Crippen LogP contribution in [0.2, 0.25) is 0 Å². The Morgan fingerprint density at radius 3 is 2.61 bits per heavy atom. The SMILES string of the molecule is CCC(=O)N1CCC(COc2c(C(C)(C)C)ccnc2N)CC1. The highest BCUT2D eigenvalue weighted by molar-refractivity contribution is 5.75. The molecule has 0 aliphatic carbocycles. The number of carbonyl (C=O) groups is 1. The Morgan fingerprint density at radius 1 is 1.39 bits per heavy atom. The van der Waals surface area contributed by atoms with Crippen LogP contribution in [0.3, 0.4) is 0 Å². The van der Waals surface area contributed by atoms with Crippen LogP contribution in [0.15, 0.2) is 12.3 Å². The minimum atomic E-state index is -0.0384. The zero-order valence-electron chi connectivity index (χ0n) is 14.8. The number of piperidine rings is 1. The Hall–Kier alpha value is -1.78. The fraction of sp³-hybridized carbons (Fsp3) is 0.667. The third kappa shape index (κ3) is 4.36. The fourth-order valence-electron chi connectivity index (χ4n) is 2.98. The second-order valence-electron chi connectivity index (χ2n) is 7.31. The molecule has 1 fully saturated rings. The normalized spacial score (nSPS) is 16.4. The number of hydrogen-bond donors (Lipinski definition) is 1. The van der Waals surface area contributed by atoms with Crippen molar-refractivity contribution in [3.8, 4) is 5.75 Å². The third-order valence-electron chi connectivity index (χ3n) is 4.47. The van der Waals surface area contributed by atoms with Gasteiger partial charge in [0.05, 0.1) is 6.61 Å². The van der Waals surface area contributed by atoms with Gasteiger partial charge in [-0.25, -0.2) is 4.98 Å². The van der Waals surface area contributed by atoms with Crippen LogP contribution >= 0.6 is 0 Å². The maximum absolute atomic E-state index is 11.7. The van der Waals surface area contributed by atoms with Crippen molar-refractivity contribution in [2.75, 3.05) is 25.4 Å². The topological polar surface area (TPSA) is 68.5 Å². The number of anilines is 1. The summed E-state index contributed by atoms with van der Waals surface area (Å²) in [4.78, 5) is 17.8. The average Bonchev–Trinajstić information content (AvgIpc) is 2.52. The lowest BCUT2D eigenvalue weighted by Crippen LogP contribution is -2.39. The summed E-state index contributed by atoms with van der Waals surface area (Å²) in [5.74, 6) is 1.88. The Bertz CT molecular complexity index is 544. The first-order chi connectivity index (χ1) is 10.8. The van der Waals surface area contributed by atoms with Gasteiger partial charge >= 0.3 is 0 Å². The molecule has 1 aromatic rings. The molecule has 0 aromatic carbocycles. The van der Waals surface area contributed by atoms with E-state index in [0.29, 0.717) is 30.5 Å². The summed E-state index contributed by atoms with van der Waals surface area (Å²) in [5.41, 5.74) is 7.07. The van der Waals surface area contributed by atoms with Crippen LogP contribution in [0.1, 0.15) is 52.5 Å². The van der Waals surface area contributed by atoms with E-state index in [1.165, 1.54) is 0 Å². The van der Waals surface area contributed by atoms with Gasteiger partial charge in [-0.05, 0) is 30.2 Å². The molecule has 2 heterocycles. The Labute approximate surface area is 139 Å². The van der Waals surface area contributed by atoms with E-state index in [1.54, 1.807) is 6.20 Å². The van der Waals surface area contributed by atoms with Crippen molar-refractivity contribution in [3.63, 3.8) is 0 Å². The van der Waals surface area contributed by atoms with Gasteiger partial charge in [0.15, 0.2) is 11.6 Å². The number of nitrogen functional groups attached to an aromatic ring is 1. The van der Waals surface area contributed by atoms with Crippen LogP contribution in [0.25, 0.3) is 0 Å². The van der Waals surface area contributed by atoms with Crippen LogP contribution in [-0.2, 0) is 10.2 Å². The number of nitrogens with zero attached hydrogens (tertiary/aromatic N) is 2. The summed E-state index contributed by atoms with van der Waals surface area (Å²) in [6, 6.07) is 1.98. The lowest BCUT2D eigenvalue weighted by atomic mass is 9.87. The summed E-state index contributed by atoms with van der Waals surface area (Å²) in [6.07, 6.45) is 4.29. The molecule has 1 aromatic heterocycles. The maximum Gasteiger partial charge on any atom is 0.222 e. The smallest absolute Gasteiger partial charge is 0.222 e. The van der Waals surface area contributed by atoms with E-state index >= 15 is 0 Å². The highest BCUT2D eigenvalue weighted by Crippen LogP contribution is 2.35. The predicted molar refractivity (Wildman–Crippen MR) is 92.4 cm³/mol. The molecule has 0 radical (unpaired) electrons. The van der Waals surface area contributed by atoms with Gasteiger partial charge in [-0.1, -0.05) is 27.7 Å². The van der Waals surface area contributed by atoms with Crippen molar-refractivity contribution < 1.29 is 9.53 Å². The number of amides is 1. The molecule has 0 unspecified atom stereocenters. The van der Waals surface area contributed by atoms with Gasteiger partial charge in [-0.2, -0.15) is 0 Å². The van der Waals surface area contributed by atoms with E-state index in [2.05, 4.69) is 25.8 Å². The second kappa shape index (κ2) is 7.20. The standard InChI is InChI=1S/C18H29N3O2/c1-5-15(22)21-10-7-13(8-11-21)12-23-16-14(18(2,3)4)6-9-20-17(16)19/h6,9,13H,5,7-8,10-12H2,1-4H3,(H2,19,20). The number of nitrogens with two attached hydrogens (primary N) is 1. The minimum absolute atomic E-state index is 0.0384. The van der Waals surface area contributed by atoms with Crippen molar-refractivity contribution in [1.29, 1.82) is 0 Å². The fourth-order valence-corrected chi connectivity index (χ4v) is 2.98. The van der Waals surface area contributed by atoms with E-state index in [4.69, 9.17) is 10.5 Å². The first kappa shape index (κ1) is 17.6. The van der Waals surface area contributed by atoms with Crippen LogP contribution in [0.5, 0.6) is 5.75 Å². The summed E-state index contributed by atoms with van der Waals surface area (Å²) < 4.78 is 6.07.